The standard InChI is InChI=1S/C15H22N2O2S.ClH/c1-12-2-4-13(5-3-12)20-11-8-17-14(18)15(16)6-9-19-10-7-15;/h2-5H,6-11,16H2,1H3,(H,17,18);1H. The van der Waals surface area contributed by atoms with Crippen LogP contribution in [-0.2, 0) is 9.53 Å². The molecule has 0 radical (unpaired) electrons. The number of nitrogens with one attached hydrogen (secondary N) is 1. The molecule has 0 aromatic heterocycles. The van der Waals surface area contributed by atoms with E-state index in [1.165, 1.54) is 10.5 Å². The third-order valence-electron chi connectivity index (χ3n) is 3.51. The van der Waals surface area contributed by atoms with E-state index < -0.39 is 5.54 Å². The molecule has 21 heavy (non-hydrogen) atoms. The summed E-state index contributed by atoms with van der Waals surface area (Å²) < 4.78 is 5.24. The zero-order chi connectivity index (χ0) is 14.4. The third-order valence-corrected chi connectivity index (χ3v) is 4.53. The molecule has 4 nitrogen and oxygen atoms in total. The van der Waals surface area contributed by atoms with Crippen LogP contribution in [0, 0.1) is 6.92 Å². The van der Waals surface area contributed by atoms with Gasteiger partial charge in [0.05, 0.1) is 5.54 Å². The quantitative estimate of drug-likeness (QED) is 0.641. The van der Waals surface area contributed by atoms with Crippen LogP contribution in [0.15, 0.2) is 29.2 Å². The van der Waals surface area contributed by atoms with Crippen molar-refractivity contribution in [2.24, 2.45) is 5.73 Å². The summed E-state index contributed by atoms with van der Waals surface area (Å²) in [5, 5.41) is 2.93. The van der Waals surface area contributed by atoms with E-state index in [2.05, 4.69) is 36.5 Å². The minimum Gasteiger partial charge on any atom is -0.381 e. The average Bonchev–Trinajstić information content (AvgIpc) is 2.46. The Labute approximate surface area is 136 Å². The van der Waals surface area contributed by atoms with Crippen LogP contribution in [0.25, 0.3) is 0 Å². The molecule has 0 aliphatic carbocycles. The Balaban J connectivity index is 0.00000220. The van der Waals surface area contributed by atoms with Gasteiger partial charge in [0.15, 0.2) is 0 Å². The highest BCUT2D eigenvalue weighted by atomic mass is 35.5. The number of carbonyl (C=O) groups is 1. The zero-order valence-electron chi connectivity index (χ0n) is 12.3. The molecule has 1 heterocycles. The van der Waals surface area contributed by atoms with Crippen molar-refractivity contribution >= 4 is 30.1 Å². The molecule has 3 N–H and O–H groups in total. The lowest BCUT2D eigenvalue weighted by molar-refractivity contribution is -0.129. The lowest BCUT2D eigenvalue weighted by atomic mass is 9.90. The van der Waals surface area contributed by atoms with Gasteiger partial charge in [0.1, 0.15) is 0 Å². The summed E-state index contributed by atoms with van der Waals surface area (Å²) in [6, 6.07) is 8.39. The number of aryl methyl sites for hydroxylation is 1. The highest BCUT2D eigenvalue weighted by Crippen LogP contribution is 2.19. The van der Waals surface area contributed by atoms with Crippen molar-refractivity contribution in [2.45, 2.75) is 30.2 Å². The molecule has 1 aromatic carbocycles. The van der Waals surface area contributed by atoms with Crippen molar-refractivity contribution in [1.29, 1.82) is 0 Å². The van der Waals surface area contributed by atoms with Crippen molar-refractivity contribution < 1.29 is 9.53 Å². The maximum absolute atomic E-state index is 12.1. The Kier molecular flexibility index (Phi) is 7.52. The summed E-state index contributed by atoms with van der Waals surface area (Å²) >= 11 is 1.74. The average molecular weight is 331 g/mol. The summed E-state index contributed by atoms with van der Waals surface area (Å²) in [5.74, 6) is 0.798. The van der Waals surface area contributed by atoms with Gasteiger partial charge in [0, 0.05) is 30.4 Å². The summed E-state index contributed by atoms with van der Waals surface area (Å²) in [7, 11) is 0. The maximum atomic E-state index is 12.1. The van der Waals surface area contributed by atoms with E-state index in [0.717, 1.165) is 5.75 Å². The highest BCUT2D eigenvalue weighted by Gasteiger charge is 2.35. The van der Waals surface area contributed by atoms with E-state index in [-0.39, 0.29) is 18.3 Å². The Hall–Kier alpha value is -0.750. The predicted octanol–water partition coefficient (Wildman–Crippen LogP) is 2.13. The van der Waals surface area contributed by atoms with E-state index in [9.17, 15) is 4.79 Å². The van der Waals surface area contributed by atoms with Crippen molar-refractivity contribution in [1.82, 2.24) is 5.32 Å². The van der Waals surface area contributed by atoms with Crippen molar-refractivity contribution in [3.63, 3.8) is 0 Å². The predicted molar refractivity (Wildman–Crippen MR) is 89.1 cm³/mol. The summed E-state index contributed by atoms with van der Waals surface area (Å²) in [5.41, 5.74) is 6.63. The molecule has 1 aliphatic heterocycles. The van der Waals surface area contributed by atoms with Gasteiger partial charge in [0.25, 0.3) is 0 Å². The van der Waals surface area contributed by atoms with Gasteiger partial charge in [0.2, 0.25) is 5.91 Å². The molecule has 0 bridgehead atoms. The number of carbonyl (C=O) groups excluding carboxylic acids is 1. The third kappa shape index (κ3) is 5.51. The van der Waals surface area contributed by atoms with Crippen molar-refractivity contribution in [3.05, 3.63) is 29.8 Å². The normalized spacial score (nSPS) is 16.9. The lowest BCUT2D eigenvalue weighted by Crippen LogP contribution is -2.57. The van der Waals surface area contributed by atoms with Crippen LogP contribution in [0.3, 0.4) is 0 Å². The van der Waals surface area contributed by atoms with Crippen LogP contribution >= 0.6 is 24.2 Å². The molecule has 6 heteroatoms. The van der Waals surface area contributed by atoms with E-state index >= 15 is 0 Å². The topological polar surface area (TPSA) is 64.4 Å². The number of hydrogen-bond donors (Lipinski definition) is 2. The summed E-state index contributed by atoms with van der Waals surface area (Å²) in [6.45, 7) is 3.85. The first-order chi connectivity index (χ1) is 9.60. The molecule has 118 valence electrons. The monoisotopic (exact) mass is 330 g/mol. The SMILES string of the molecule is Cc1ccc(SCCNC(=O)C2(N)CCOCC2)cc1.Cl. The number of benzene rings is 1. The fraction of sp³-hybridized carbons (Fsp3) is 0.533. The van der Waals surface area contributed by atoms with E-state index in [1.54, 1.807) is 11.8 Å². The number of halogens is 1. The molecule has 0 atom stereocenters. The van der Waals surface area contributed by atoms with Crippen LogP contribution in [0.2, 0.25) is 0 Å². The molecule has 1 saturated heterocycles. The van der Waals surface area contributed by atoms with Gasteiger partial charge in [-0.2, -0.15) is 0 Å². The molecule has 1 aromatic rings. The molecule has 1 amide bonds. The zero-order valence-corrected chi connectivity index (χ0v) is 13.9. The molecule has 2 rings (SSSR count). The fourth-order valence-electron chi connectivity index (χ4n) is 2.11. The number of amides is 1. The first kappa shape index (κ1) is 18.3. The number of thioether (sulfide) groups is 1. The van der Waals surface area contributed by atoms with Crippen LogP contribution in [0.5, 0.6) is 0 Å². The van der Waals surface area contributed by atoms with Gasteiger partial charge < -0.3 is 15.8 Å². The first-order valence-electron chi connectivity index (χ1n) is 6.94. The number of hydrogen-bond acceptors (Lipinski definition) is 4. The summed E-state index contributed by atoms with van der Waals surface area (Å²) in [6.07, 6.45) is 1.20. The molecule has 0 spiro atoms. The number of nitrogens with two attached hydrogens (primary N) is 1. The molecule has 0 unspecified atom stereocenters. The molecule has 1 aliphatic rings. The van der Waals surface area contributed by atoms with Crippen molar-refractivity contribution in [3.8, 4) is 0 Å². The van der Waals surface area contributed by atoms with Crippen LogP contribution in [0.1, 0.15) is 18.4 Å². The summed E-state index contributed by atoms with van der Waals surface area (Å²) in [4.78, 5) is 13.3. The van der Waals surface area contributed by atoms with Crippen molar-refractivity contribution in [2.75, 3.05) is 25.5 Å². The largest absolute Gasteiger partial charge is 0.381 e. The Morgan fingerprint density at radius 1 is 1.33 bits per heavy atom. The second-order valence-corrected chi connectivity index (χ2v) is 6.35. The fourth-order valence-corrected chi connectivity index (χ4v) is 2.88. The van der Waals surface area contributed by atoms with Gasteiger partial charge in [-0.3, -0.25) is 4.79 Å². The molecule has 1 fully saturated rings. The lowest BCUT2D eigenvalue weighted by Gasteiger charge is -2.31. The smallest absolute Gasteiger partial charge is 0.240 e. The van der Waals surface area contributed by atoms with Gasteiger partial charge in [-0.15, -0.1) is 24.2 Å². The van der Waals surface area contributed by atoms with Crippen LogP contribution in [-0.4, -0.2) is 37.0 Å². The number of ether oxygens (including phenoxy) is 1. The van der Waals surface area contributed by atoms with E-state index in [0.29, 0.717) is 32.6 Å². The second-order valence-electron chi connectivity index (χ2n) is 5.19. The molecular weight excluding hydrogens is 308 g/mol. The van der Waals surface area contributed by atoms with Crippen LogP contribution < -0.4 is 11.1 Å². The molecular formula is C15H23ClN2O2S. The molecule has 0 saturated carbocycles. The van der Waals surface area contributed by atoms with Crippen LogP contribution in [0.4, 0.5) is 0 Å². The number of rotatable bonds is 5. The minimum atomic E-state index is -0.743. The van der Waals surface area contributed by atoms with Gasteiger partial charge in [-0.05, 0) is 31.9 Å². The van der Waals surface area contributed by atoms with Gasteiger partial charge >= 0.3 is 0 Å². The Bertz CT molecular complexity index is 447. The Morgan fingerprint density at radius 2 is 1.95 bits per heavy atom. The van der Waals surface area contributed by atoms with E-state index in [4.69, 9.17) is 10.5 Å². The van der Waals surface area contributed by atoms with Gasteiger partial charge in [-0.25, -0.2) is 0 Å². The van der Waals surface area contributed by atoms with E-state index in [1.807, 2.05) is 0 Å². The second kappa shape index (κ2) is 8.63. The first-order valence-corrected chi connectivity index (χ1v) is 7.93. The Morgan fingerprint density at radius 3 is 2.57 bits per heavy atom. The minimum absolute atomic E-state index is 0. The maximum Gasteiger partial charge on any atom is 0.240 e. The highest BCUT2D eigenvalue weighted by molar-refractivity contribution is 7.99. The van der Waals surface area contributed by atoms with Gasteiger partial charge in [-0.1, -0.05) is 17.7 Å².